The summed E-state index contributed by atoms with van der Waals surface area (Å²) in [5, 5.41) is 11.3. The highest BCUT2D eigenvalue weighted by atomic mass is 32.2. The molecule has 9 nitrogen and oxygen atoms in total. The average molecular weight is 569 g/mol. The Labute approximate surface area is 238 Å². The van der Waals surface area contributed by atoms with Crippen molar-refractivity contribution in [1.82, 2.24) is 9.88 Å². The van der Waals surface area contributed by atoms with Crippen LogP contribution in [0.5, 0.6) is 11.5 Å². The molecule has 2 heterocycles. The minimum absolute atomic E-state index is 0.00347. The zero-order chi connectivity index (χ0) is 28.6. The van der Waals surface area contributed by atoms with Gasteiger partial charge in [0.15, 0.2) is 0 Å². The molecule has 2 N–H and O–H groups in total. The fraction of sp³-hybridized carbons (Fsp3) is 0.161. The molecule has 2 aliphatic rings. The molecule has 1 aliphatic carbocycles. The number of ether oxygens (including phenoxy) is 1. The number of nitrogens with zero attached hydrogens (tertiary/aromatic N) is 3. The van der Waals surface area contributed by atoms with E-state index in [0.29, 0.717) is 37.1 Å². The molecule has 0 spiro atoms. The molecule has 6 rings (SSSR count). The molecule has 1 saturated heterocycles. The number of hydrogen-bond donors (Lipinski definition) is 2. The maximum absolute atomic E-state index is 13.3. The number of pyridine rings is 1. The van der Waals surface area contributed by atoms with Crippen molar-refractivity contribution in [2.45, 2.75) is 4.90 Å². The Morgan fingerprint density at radius 3 is 2.49 bits per heavy atom. The van der Waals surface area contributed by atoms with E-state index in [9.17, 15) is 18.3 Å². The summed E-state index contributed by atoms with van der Waals surface area (Å²) in [5.41, 5.74) is 3.81. The number of aromatic hydroxyl groups is 1. The van der Waals surface area contributed by atoms with E-state index >= 15 is 0 Å². The lowest BCUT2D eigenvalue weighted by atomic mass is 9.98. The number of rotatable bonds is 7. The van der Waals surface area contributed by atoms with Crippen molar-refractivity contribution in [1.29, 1.82) is 0 Å². The second-order valence-electron chi connectivity index (χ2n) is 9.82. The highest BCUT2D eigenvalue weighted by Crippen LogP contribution is 2.34. The van der Waals surface area contributed by atoms with E-state index in [-0.39, 0.29) is 27.8 Å². The number of phenolic OH excluding ortho intramolecular Hbond substituents is 1. The van der Waals surface area contributed by atoms with Crippen LogP contribution >= 0.6 is 0 Å². The molecule has 0 bridgehead atoms. The standard InChI is InChI=1S/C31H28N4O5S/c1-40-28-20-23(21-5-2-6-21)11-13-26(28)34-15-17-35(18-16-34)31(37)24-10-12-25(27(36)19-24)33-41(38,39)29-9-3-7-22-8-4-14-32-30(22)29/h2-14,19-20,33,36H,15-18H2,1H3. The fourth-order valence-corrected chi connectivity index (χ4v) is 6.34. The summed E-state index contributed by atoms with van der Waals surface area (Å²) in [4.78, 5) is 21.4. The zero-order valence-corrected chi connectivity index (χ0v) is 23.1. The van der Waals surface area contributed by atoms with E-state index in [4.69, 9.17) is 4.74 Å². The number of hydrogen-bond acceptors (Lipinski definition) is 7. The predicted octanol–water partition coefficient (Wildman–Crippen LogP) is 4.67. The molecule has 1 amide bonds. The van der Waals surface area contributed by atoms with Gasteiger partial charge in [-0.15, -0.1) is 0 Å². The molecule has 0 unspecified atom stereocenters. The van der Waals surface area contributed by atoms with Gasteiger partial charge in [0.25, 0.3) is 15.9 Å². The number of phenols is 1. The number of carbonyl (C=O) groups excluding carboxylic acids is 1. The van der Waals surface area contributed by atoms with Crippen molar-refractivity contribution in [2.24, 2.45) is 0 Å². The van der Waals surface area contributed by atoms with Crippen LogP contribution < -0.4 is 14.4 Å². The summed E-state index contributed by atoms with van der Waals surface area (Å²) in [7, 11) is -2.39. The highest BCUT2D eigenvalue weighted by molar-refractivity contribution is 7.93. The molecule has 0 atom stereocenters. The SMILES string of the molecule is COc1cc(C2=CC=C2)ccc1N1CCN(C(=O)c2ccc(NS(=O)(=O)c3cccc4cccnc34)c(O)c2)CC1. The molecule has 1 aromatic heterocycles. The van der Waals surface area contributed by atoms with E-state index in [1.165, 1.54) is 30.5 Å². The second-order valence-corrected chi connectivity index (χ2v) is 11.5. The van der Waals surface area contributed by atoms with Crippen molar-refractivity contribution in [3.05, 3.63) is 102 Å². The molecular formula is C31H28N4O5S. The van der Waals surface area contributed by atoms with Crippen LogP contribution in [0, 0.1) is 0 Å². The number of para-hydroxylation sites is 1. The van der Waals surface area contributed by atoms with Crippen LogP contribution in [-0.2, 0) is 10.0 Å². The number of benzene rings is 3. The molecule has 1 aliphatic heterocycles. The normalized spacial score (nSPS) is 14.9. The first-order valence-electron chi connectivity index (χ1n) is 13.1. The maximum atomic E-state index is 13.3. The minimum atomic E-state index is -4.05. The van der Waals surface area contributed by atoms with Crippen molar-refractivity contribution >= 4 is 43.8 Å². The third-order valence-corrected chi connectivity index (χ3v) is 8.74. The number of sulfonamides is 1. The Hall–Kier alpha value is -4.83. The summed E-state index contributed by atoms with van der Waals surface area (Å²) in [6, 6.07) is 18.7. The van der Waals surface area contributed by atoms with Crippen LogP contribution in [0.2, 0.25) is 0 Å². The van der Waals surface area contributed by atoms with Crippen molar-refractivity contribution in [2.75, 3.05) is 42.9 Å². The number of anilines is 2. The lowest BCUT2D eigenvalue weighted by molar-refractivity contribution is 0.0746. The number of aromatic nitrogens is 1. The smallest absolute Gasteiger partial charge is 0.264 e. The molecular weight excluding hydrogens is 540 g/mol. The molecule has 1 fully saturated rings. The number of fused-ring (bicyclic) bond motifs is 1. The fourth-order valence-electron chi connectivity index (χ4n) is 5.08. The quantitative estimate of drug-likeness (QED) is 0.312. The van der Waals surface area contributed by atoms with Gasteiger partial charge in [-0.05, 0) is 53.6 Å². The number of amides is 1. The summed E-state index contributed by atoms with van der Waals surface area (Å²) in [6.45, 7) is 2.21. The molecule has 3 aromatic carbocycles. The van der Waals surface area contributed by atoms with Gasteiger partial charge >= 0.3 is 0 Å². The van der Waals surface area contributed by atoms with Gasteiger partial charge in [0, 0.05) is 43.3 Å². The van der Waals surface area contributed by atoms with Crippen LogP contribution in [0.3, 0.4) is 0 Å². The van der Waals surface area contributed by atoms with Gasteiger partial charge in [0.05, 0.1) is 24.0 Å². The Morgan fingerprint density at radius 2 is 1.78 bits per heavy atom. The maximum Gasteiger partial charge on any atom is 0.264 e. The zero-order valence-electron chi connectivity index (χ0n) is 22.3. The molecule has 10 heteroatoms. The van der Waals surface area contributed by atoms with Gasteiger partial charge in [-0.3, -0.25) is 14.5 Å². The number of piperazine rings is 1. The van der Waals surface area contributed by atoms with E-state index in [1.54, 1.807) is 36.3 Å². The van der Waals surface area contributed by atoms with Gasteiger partial charge in [-0.25, -0.2) is 8.42 Å². The summed E-state index contributed by atoms with van der Waals surface area (Å²) in [5.74, 6) is 0.205. The molecule has 0 radical (unpaired) electrons. The van der Waals surface area contributed by atoms with Gasteiger partial charge < -0.3 is 19.6 Å². The van der Waals surface area contributed by atoms with Crippen LogP contribution in [0.25, 0.3) is 16.5 Å². The first-order chi connectivity index (χ1) is 19.8. The third kappa shape index (κ3) is 5.09. The Morgan fingerprint density at radius 1 is 1.00 bits per heavy atom. The Balaban J connectivity index is 1.13. The first kappa shape index (κ1) is 26.4. The van der Waals surface area contributed by atoms with Gasteiger partial charge in [-0.1, -0.05) is 42.5 Å². The number of methoxy groups -OCH3 is 1. The lowest BCUT2D eigenvalue weighted by Crippen LogP contribution is -2.48. The van der Waals surface area contributed by atoms with Crippen LogP contribution in [0.1, 0.15) is 15.9 Å². The Bertz CT molecular complexity index is 1820. The van der Waals surface area contributed by atoms with Crippen molar-refractivity contribution in [3.8, 4) is 11.5 Å². The van der Waals surface area contributed by atoms with Crippen LogP contribution in [0.4, 0.5) is 11.4 Å². The Kier molecular flexibility index (Phi) is 6.84. The molecule has 41 heavy (non-hydrogen) atoms. The lowest BCUT2D eigenvalue weighted by Gasteiger charge is -2.36. The van der Waals surface area contributed by atoms with E-state index in [0.717, 1.165) is 22.6 Å². The van der Waals surface area contributed by atoms with Crippen molar-refractivity contribution < 1.29 is 23.1 Å². The summed E-state index contributed by atoms with van der Waals surface area (Å²) >= 11 is 0. The van der Waals surface area contributed by atoms with Crippen molar-refractivity contribution in [3.63, 3.8) is 0 Å². The van der Waals surface area contributed by atoms with Crippen LogP contribution in [-0.4, -0.2) is 62.6 Å². The number of nitrogens with one attached hydrogen (secondary N) is 1. The highest BCUT2D eigenvalue weighted by Gasteiger charge is 2.26. The summed E-state index contributed by atoms with van der Waals surface area (Å²) < 4.78 is 34.4. The number of carbonyl (C=O) groups is 1. The molecule has 4 aromatic rings. The monoisotopic (exact) mass is 568 g/mol. The molecule has 0 saturated carbocycles. The van der Waals surface area contributed by atoms with E-state index in [2.05, 4.69) is 32.8 Å². The van der Waals surface area contributed by atoms with E-state index in [1.807, 2.05) is 18.2 Å². The molecule has 208 valence electrons. The number of allylic oxidation sites excluding steroid dienone is 4. The van der Waals surface area contributed by atoms with Crippen LogP contribution in [0.15, 0.2) is 96.1 Å². The average Bonchev–Trinajstić information content (AvgIpc) is 2.96. The topological polar surface area (TPSA) is 112 Å². The third-order valence-electron chi connectivity index (χ3n) is 7.35. The van der Waals surface area contributed by atoms with Gasteiger partial charge in [0.1, 0.15) is 16.4 Å². The first-order valence-corrected chi connectivity index (χ1v) is 14.6. The van der Waals surface area contributed by atoms with Gasteiger partial charge in [-0.2, -0.15) is 0 Å². The summed E-state index contributed by atoms with van der Waals surface area (Å²) in [6.07, 6.45) is 7.64. The van der Waals surface area contributed by atoms with E-state index < -0.39 is 10.0 Å². The second kappa shape index (κ2) is 10.6. The predicted molar refractivity (Wildman–Crippen MR) is 159 cm³/mol. The minimum Gasteiger partial charge on any atom is -0.506 e. The van der Waals surface area contributed by atoms with Gasteiger partial charge in [0.2, 0.25) is 0 Å². The largest absolute Gasteiger partial charge is 0.506 e.